The molecule has 6 heteroatoms. The lowest BCUT2D eigenvalue weighted by atomic mass is 10.0. The number of nitrogens with zero attached hydrogens (tertiary/aromatic N) is 1. The van der Waals surface area contributed by atoms with E-state index in [4.69, 9.17) is 11.6 Å². The number of fused-ring (bicyclic) bond motifs is 1. The Morgan fingerprint density at radius 1 is 1.26 bits per heavy atom. The number of aromatic carboxylic acids is 1. The molecule has 27 heavy (non-hydrogen) atoms. The number of carbonyl (C=O) groups is 1. The minimum absolute atomic E-state index is 0.109. The van der Waals surface area contributed by atoms with Crippen LogP contribution in [0.5, 0.6) is 0 Å². The number of aromatic nitrogens is 1. The first-order chi connectivity index (χ1) is 12.9. The van der Waals surface area contributed by atoms with Crippen LogP contribution in [0.2, 0.25) is 5.02 Å². The van der Waals surface area contributed by atoms with Gasteiger partial charge in [-0.3, -0.25) is 0 Å². The van der Waals surface area contributed by atoms with Crippen LogP contribution < -0.4 is 5.32 Å². The summed E-state index contributed by atoms with van der Waals surface area (Å²) in [5, 5.41) is 24.6. The Bertz CT molecular complexity index is 967. The molecule has 0 saturated heterocycles. The average Bonchev–Trinajstić information content (AvgIpc) is 2.95. The largest absolute Gasteiger partial charge is 0.478 e. The molecule has 0 aliphatic heterocycles. The summed E-state index contributed by atoms with van der Waals surface area (Å²) in [7, 11) is 1.86. The number of carboxylic acid groups (broad SMARTS) is 1. The minimum atomic E-state index is -0.927. The van der Waals surface area contributed by atoms with Crippen molar-refractivity contribution in [3.8, 4) is 0 Å². The standard InChI is InChI=1S/C21H23ClN2O3/c1-13(23-11-19(25)14-5-3-6-16(22)10-14)9-15-12-24(2)20-17(15)7-4-8-18(20)21(26)27/h3-8,10,12-13,19,23,25H,9,11H2,1-2H3,(H,26,27)/t13-,19+/m1/s1. The molecule has 5 nitrogen and oxygen atoms in total. The molecule has 0 radical (unpaired) electrons. The Morgan fingerprint density at radius 2 is 2.00 bits per heavy atom. The normalized spacial score (nSPS) is 13.6. The molecule has 2 aromatic carbocycles. The summed E-state index contributed by atoms with van der Waals surface area (Å²) in [5.41, 5.74) is 2.88. The van der Waals surface area contributed by atoms with Gasteiger partial charge in [-0.1, -0.05) is 35.9 Å². The molecule has 3 aromatic rings. The molecule has 2 atom stereocenters. The van der Waals surface area contributed by atoms with E-state index in [1.165, 1.54) is 0 Å². The highest BCUT2D eigenvalue weighted by Gasteiger charge is 2.16. The Balaban J connectivity index is 1.70. The SMILES string of the molecule is C[C@H](Cc1cn(C)c2c(C(=O)O)cccc12)NC[C@H](O)c1cccc(Cl)c1. The second kappa shape index (κ2) is 8.13. The third kappa shape index (κ3) is 4.33. The van der Waals surface area contributed by atoms with Gasteiger partial charge in [0.2, 0.25) is 0 Å². The summed E-state index contributed by atoms with van der Waals surface area (Å²) in [6.45, 7) is 2.46. The van der Waals surface area contributed by atoms with Crippen LogP contribution >= 0.6 is 11.6 Å². The van der Waals surface area contributed by atoms with Crippen molar-refractivity contribution in [3.63, 3.8) is 0 Å². The summed E-state index contributed by atoms with van der Waals surface area (Å²) in [6, 6.07) is 12.7. The summed E-state index contributed by atoms with van der Waals surface area (Å²) in [5.74, 6) is -0.927. The predicted molar refractivity (Wildman–Crippen MR) is 107 cm³/mol. The van der Waals surface area contributed by atoms with Crippen molar-refractivity contribution in [2.24, 2.45) is 7.05 Å². The molecular formula is C21H23ClN2O3. The van der Waals surface area contributed by atoms with Crippen molar-refractivity contribution in [2.45, 2.75) is 25.5 Å². The van der Waals surface area contributed by atoms with Crippen LogP contribution in [0, 0.1) is 0 Å². The average molecular weight is 387 g/mol. The fourth-order valence-corrected chi connectivity index (χ4v) is 3.63. The van der Waals surface area contributed by atoms with E-state index in [9.17, 15) is 15.0 Å². The molecule has 0 spiro atoms. The van der Waals surface area contributed by atoms with Crippen LogP contribution in [0.15, 0.2) is 48.7 Å². The van der Waals surface area contributed by atoms with Crippen LogP contribution in [0.3, 0.4) is 0 Å². The molecule has 0 amide bonds. The van der Waals surface area contributed by atoms with Crippen molar-refractivity contribution in [3.05, 3.63) is 70.4 Å². The van der Waals surface area contributed by atoms with Crippen molar-refractivity contribution < 1.29 is 15.0 Å². The van der Waals surface area contributed by atoms with E-state index in [2.05, 4.69) is 5.32 Å². The Labute approximate surface area is 163 Å². The van der Waals surface area contributed by atoms with Gasteiger partial charge in [0.05, 0.1) is 17.2 Å². The topological polar surface area (TPSA) is 74.5 Å². The van der Waals surface area contributed by atoms with E-state index < -0.39 is 12.1 Å². The van der Waals surface area contributed by atoms with Gasteiger partial charge in [0.15, 0.2) is 0 Å². The van der Waals surface area contributed by atoms with Gasteiger partial charge in [0, 0.05) is 36.2 Å². The van der Waals surface area contributed by atoms with Crippen LogP contribution in [-0.4, -0.2) is 33.3 Å². The van der Waals surface area contributed by atoms with Gasteiger partial charge in [-0.05, 0) is 42.7 Å². The Morgan fingerprint density at radius 3 is 2.70 bits per heavy atom. The first kappa shape index (κ1) is 19.4. The van der Waals surface area contributed by atoms with Crippen LogP contribution in [0.25, 0.3) is 10.9 Å². The molecule has 1 aromatic heterocycles. The molecule has 0 aliphatic rings. The number of aliphatic hydroxyl groups is 1. The van der Waals surface area contributed by atoms with E-state index in [0.29, 0.717) is 17.1 Å². The monoisotopic (exact) mass is 386 g/mol. The van der Waals surface area contributed by atoms with E-state index in [-0.39, 0.29) is 6.04 Å². The van der Waals surface area contributed by atoms with E-state index >= 15 is 0 Å². The second-order valence-corrected chi connectivity index (χ2v) is 7.29. The molecular weight excluding hydrogens is 364 g/mol. The number of hydrogen-bond donors (Lipinski definition) is 3. The summed E-state index contributed by atoms with van der Waals surface area (Å²) in [4.78, 5) is 11.5. The number of nitrogens with one attached hydrogen (secondary N) is 1. The maximum Gasteiger partial charge on any atom is 0.337 e. The molecule has 0 aliphatic carbocycles. The number of hydrogen-bond acceptors (Lipinski definition) is 3. The van der Waals surface area contributed by atoms with Gasteiger partial charge >= 0.3 is 5.97 Å². The van der Waals surface area contributed by atoms with Crippen molar-refractivity contribution in [1.29, 1.82) is 0 Å². The van der Waals surface area contributed by atoms with Gasteiger partial charge in [-0.2, -0.15) is 0 Å². The van der Waals surface area contributed by atoms with Crippen LogP contribution in [0.4, 0.5) is 0 Å². The maximum absolute atomic E-state index is 11.5. The maximum atomic E-state index is 11.5. The molecule has 3 N–H and O–H groups in total. The van der Waals surface area contributed by atoms with Crippen molar-refractivity contribution in [2.75, 3.05) is 6.54 Å². The zero-order valence-corrected chi connectivity index (χ0v) is 16.1. The summed E-state index contributed by atoms with van der Waals surface area (Å²) < 4.78 is 1.86. The summed E-state index contributed by atoms with van der Waals surface area (Å²) >= 11 is 5.98. The van der Waals surface area contributed by atoms with E-state index in [1.54, 1.807) is 24.3 Å². The number of carboxylic acids is 1. The van der Waals surface area contributed by atoms with Crippen molar-refractivity contribution >= 4 is 28.5 Å². The lowest BCUT2D eigenvalue weighted by Gasteiger charge is -2.17. The highest BCUT2D eigenvalue weighted by atomic mass is 35.5. The quantitative estimate of drug-likeness (QED) is 0.577. The summed E-state index contributed by atoms with van der Waals surface area (Å²) in [6.07, 6.45) is 2.06. The zero-order chi connectivity index (χ0) is 19.6. The molecule has 0 unspecified atom stereocenters. The molecule has 1 heterocycles. The second-order valence-electron chi connectivity index (χ2n) is 6.86. The number of para-hydroxylation sites is 1. The Kier molecular flexibility index (Phi) is 5.85. The zero-order valence-electron chi connectivity index (χ0n) is 15.3. The van der Waals surface area contributed by atoms with Gasteiger partial charge in [0.25, 0.3) is 0 Å². The lowest BCUT2D eigenvalue weighted by Crippen LogP contribution is -2.32. The number of benzene rings is 2. The lowest BCUT2D eigenvalue weighted by molar-refractivity contribution is 0.0698. The smallest absolute Gasteiger partial charge is 0.337 e. The van der Waals surface area contributed by atoms with Gasteiger partial charge in [-0.25, -0.2) is 4.79 Å². The number of rotatable bonds is 7. The number of aryl methyl sites for hydroxylation is 1. The fraction of sp³-hybridized carbons (Fsp3) is 0.286. The predicted octanol–water partition coefficient (Wildman–Crippen LogP) is 3.78. The molecule has 3 rings (SSSR count). The van der Waals surface area contributed by atoms with E-state index in [1.807, 2.05) is 42.9 Å². The third-order valence-corrected chi connectivity index (χ3v) is 4.97. The highest BCUT2D eigenvalue weighted by Crippen LogP contribution is 2.25. The molecule has 0 saturated carbocycles. The van der Waals surface area contributed by atoms with Gasteiger partial charge in [0.1, 0.15) is 0 Å². The van der Waals surface area contributed by atoms with E-state index in [0.717, 1.165) is 28.5 Å². The highest BCUT2D eigenvalue weighted by molar-refractivity contribution is 6.30. The van der Waals surface area contributed by atoms with Gasteiger partial charge < -0.3 is 20.1 Å². The Hall–Kier alpha value is -2.34. The molecule has 142 valence electrons. The molecule has 0 fully saturated rings. The first-order valence-electron chi connectivity index (χ1n) is 8.84. The molecule has 0 bridgehead atoms. The van der Waals surface area contributed by atoms with Crippen molar-refractivity contribution in [1.82, 2.24) is 9.88 Å². The fourth-order valence-electron chi connectivity index (χ4n) is 3.43. The number of aliphatic hydroxyl groups excluding tert-OH is 1. The van der Waals surface area contributed by atoms with Gasteiger partial charge in [-0.15, -0.1) is 0 Å². The first-order valence-corrected chi connectivity index (χ1v) is 9.21. The minimum Gasteiger partial charge on any atom is -0.478 e. The van der Waals surface area contributed by atoms with Crippen LogP contribution in [-0.2, 0) is 13.5 Å². The number of halogens is 1. The van der Waals surface area contributed by atoms with Crippen LogP contribution in [0.1, 0.15) is 34.5 Å². The third-order valence-electron chi connectivity index (χ3n) is 4.73.